The molecule has 110 valence electrons. The average Bonchev–Trinajstić information content (AvgIpc) is 3.23. The fourth-order valence-corrected chi connectivity index (χ4v) is 2.52. The third kappa shape index (κ3) is 3.15. The van der Waals surface area contributed by atoms with Crippen LogP contribution >= 0.6 is 0 Å². The Morgan fingerprint density at radius 2 is 2.10 bits per heavy atom. The van der Waals surface area contributed by atoms with E-state index in [1.165, 1.54) is 12.8 Å². The molecule has 1 heterocycles. The van der Waals surface area contributed by atoms with E-state index in [4.69, 9.17) is 4.52 Å². The molecular formula is C17H20N2O2. The molecule has 0 aliphatic heterocycles. The van der Waals surface area contributed by atoms with E-state index in [0.29, 0.717) is 17.4 Å². The maximum Gasteiger partial charge on any atom is 0.276 e. The predicted molar refractivity (Wildman–Crippen MR) is 79.9 cm³/mol. The van der Waals surface area contributed by atoms with Crippen LogP contribution in [-0.4, -0.2) is 22.5 Å². The summed E-state index contributed by atoms with van der Waals surface area (Å²) in [5.74, 6) is 1.25. The van der Waals surface area contributed by atoms with Crippen LogP contribution in [-0.2, 0) is 0 Å². The number of hydrogen-bond donors (Lipinski definition) is 0. The Morgan fingerprint density at radius 3 is 2.67 bits per heavy atom. The number of aromatic nitrogens is 1. The number of rotatable bonds is 5. The highest BCUT2D eigenvalue weighted by molar-refractivity contribution is 5.92. The molecule has 1 amide bonds. The molecule has 1 saturated carbocycles. The lowest BCUT2D eigenvalue weighted by molar-refractivity contribution is 0.0669. The van der Waals surface area contributed by atoms with Crippen LogP contribution in [0.25, 0.3) is 0 Å². The third-order valence-corrected chi connectivity index (χ3v) is 4.01. The van der Waals surface area contributed by atoms with Crippen LogP contribution in [0.5, 0.6) is 0 Å². The van der Waals surface area contributed by atoms with Crippen molar-refractivity contribution in [3.05, 3.63) is 53.4 Å². The first-order valence-corrected chi connectivity index (χ1v) is 7.44. The molecule has 1 fully saturated rings. The van der Waals surface area contributed by atoms with Crippen molar-refractivity contribution in [1.29, 1.82) is 0 Å². The number of amides is 1. The Balaban J connectivity index is 1.84. The van der Waals surface area contributed by atoms with Gasteiger partial charge in [0, 0.05) is 12.6 Å². The molecule has 0 unspecified atom stereocenters. The number of aryl methyl sites for hydroxylation is 1. The lowest BCUT2D eigenvalue weighted by atomic mass is 10.1. The van der Waals surface area contributed by atoms with E-state index in [1.807, 2.05) is 23.1 Å². The monoisotopic (exact) mass is 284 g/mol. The highest BCUT2D eigenvalue weighted by atomic mass is 16.5. The maximum absolute atomic E-state index is 12.7. The Hall–Kier alpha value is -2.10. The van der Waals surface area contributed by atoms with Gasteiger partial charge in [-0.15, -0.1) is 0 Å². The molecule has 2 aromatic rings. The van der Waals surface area contributed by atoms with Gasteiger partial charge in [0.1, 0.15) is 5.76 Å². The van der Waals surface area contributed by atoms with Crippen LogP contribution in [0.2, 0.25) is 0 Å². The molecule has 4 nitrogen and oxygen atoms in total. The molecule has 1 aliphatic rings. The van der Waals surface area contributed by atoms with Gasteiger partial charge in [0.25, 0.3) is 5.91 Å². The molecule has 0 bridgehead atoms. The van der Waals surface area contributed by atoms with E-state index in [1.54, 1.807) is 13.0 Å². The van der Waals surface area contributed by atoms with Crippen LogP contribution in [0.1, 0.15) is 47.6 Å². The van der Waals surface area contributed by atoms with Gasteiger partial charge in [-0.2, -0.15) is 0 Å². The lowest BCUT2D eigenvalue weighted by Crippen LogP contribution is -2.35. The number of benzene rings is 1. The van der Waals surface area contributed by atoms with E-state index < -0.39 is 0 Å². The van der Waals surface area contributed by atoms with E-state index in [2.05, 4.69) is 24.2 Å². The van der Waals surface area contributed by atoms with Crippen LogP contribution in [0.3, 0.4) is 0 Å². The molecule has 21 heavy (non-hydrogen) atoms. The standard InChI is InChI=1S/C17H20N2O2/c1-12-10-16(18-21-12)17(20)19(11-14-8-9-14)13(2)15-6-4-3-5-7-15/h3-7,10,13-14H,8-9,11H2,1-2H3/t13-/m1/s1. The molecular weight excluding hydrogens is 264 g/mol. The largest absolute Gasteiger partial charge is 0.361 e. The zero-order valence-corrected chi connectivity index (χ0v) is 12.5. The van der Waals surface area contributed by atoms with Crippen molar-refractivity contribution in [2.24, 2.45) is 5.92 Å². The van der Waals surface area contributed by atoms with Gasteiger partial charge >= 0.3 is 0 Å². The topological polar surface area (TPSA) is 46.3 Å². The predicted octanol–water partition coefficient (Wildman–Crippen LogP) is 3.60. The van der Waals surface area contributed by atoms with Gasteiger partial charge < -0.3 is 9.42 Å². The maximum atomic E-state index is 12.7. The first-order chi connectivity index (χ1) is 10.1. The van der Waals surface area contributed by atoms with Crippen molar-refractivity contribution in [2.75, 3.05) is 6.54 Å². The van der Waals surface area contributed by atoms with Crippen molar-refractivity contribution in [1.82, 2.24) is 10.1 Å². The second-order valence-corrected chi connectivity index (χ2v) is 5.81. The minimum absolute atomic E-state index is 0.0382. The number of carbonyl (C=O) groups is 1. The lowest BCUT2D eigenvalue weighted by Gasteiger charge is -2.29. The van der Waals surface area contributed by atoms with Crippen LogP contribution in [0, 0.1) is 12.8 Å². The second-order valence-electron chi connectivity index (χ2n) is 5.81. The van der Waals surface area contributed by atoms with Crippen molar-refractivity contribution in [3.63, 3.8) is 0 Å². The summed E-state index contributed by atoms with van der Waals surface area (Å²) in [4.78, 5) is 14.7. The Kier molecular flexibility index (Phi) is 3.78. The minimum Gasteiger partial charge on any atom is -0.361 e. The average molecular weight is 284 g/mol. The van der Waals surface area contributed by atoms with Gasteiger partial charge in [0.05, 0.1) is 6.04 Å². The molecule has 0 saturated heterocycles. The van der Waals surface area contributed by atoms with Crippen molar-refractivity contribution >= 4 is 5.91 Å². The normalized spacial score (nSPS) is 15.7. The van der Waals surface area contributed by atoms with Crippen molar-refractivity contribution < 1.29 is 9.32 Å². The molecule has 4 heteroatoms. The van der Waals surface area contributed by atoms with E-state index >= 15 is 0 Å². The molecule has 0 spiro atoms. The summed E-state index contributed by atoms with van der Waals surface area (Å²) < 4.78 is 5.04. The van der Waals surface area contributed by atoms with Crippen molar-refractivity contribution in [2.45, 2.75) is 32.7 Å². The quantitative estimate of drug-likeness (QED) is 0.842. The summed E-state index contributed by atoms with van der Waals surface area (Å²) in [6, 6.07) is 11.9. The summed E-state index contributed by atoms with van der Waals surface area (Å²) in [5.41, 5.74) is 1.54. The molecule has 1 atom stereocenters. The third-order valence-electron chi connectivity index (χ3n) is 4.01. The van der Waals surface area contributed by atoms with Gasteiger partial charge in [-0.3, -0.25) is 4.79 Å². The molecule has 1 aromatic carbocycles. The summed E-state index contributed by atoms with van der Waals surface area (Å²) >= 11 is 0. The Bertz CT molecular complexity index is 617. The number of nitrogens with zero attached hydrogens (tertiary/aromatic N) is 2. The van der Waals surface area contributed by atoms with Gasteiger partial charge in [0.2, 0.25) is 0 Å². The molecule has 3 rings (SSSR count). The number of carbonyl (C=O) groups excluding carboxylic acids is 1. The van der Waals surface area contributed by atoms with E-state index in [9.17, 15) is 4.79 Å². The fourth-order valence-electron chi connectivity index (χ4n) is 2.52. The minimum atomic E-state index is -0.0462. The molecule has 0 radical (unpaired) electrons. The highest BCUT2D eigenvalue weighted by Crippen LogP contribution is 2.33. The van der Waals surface area contributed by atoms with Crippen LogP contribution < -0.4 is 0 Å². The van der Waals surface area contributed by atoms with Crippen LogP contribution in [0.15, 0.2) is 40.9 Å². The van der Waals surface area contributed by atoms with Gasteiger partial charge in [-0.05, 0) is 38.2 Å². The molecule has 0 N–H and O–H groups in total. The van der Waals surface area contributed by atoms with E-state index in [0.717, 1.165) is 12.1 Å². The molecule has 1 aliphatic carbocycles. The first-order valence-electron chi connectivity index (χ1n) is 7.44. The highest BCUT2D eigenvalue weighted by Gasteiger charge is 2.31. The number of hydrogen-bond acceptors (Lipinski definition) is 3. The van der Waals surface area contributed by atoms with Crippen molar-refractivity contribution in [3.8, 4) is 0 Å². The zero-order valence-electron chi connectivity index (χ0n) is 12.5. The summed E-state index contributed by atoms with van der Waals surface area (Å²) in [7, 11) is 0. The summed E-state index contributed by atoms with van der Waals surface area (Å²) in [6.45, 7) is 4.67. The molecule has 1 aromatic heterocycles. The Morgan fingerprint density at radius 1 is 1.38 bits per heavy atom. The van der Waals surface area contributed by atoms with E-state index in [-0.39, 0.29) is 11.9 Å². The van der Waals surface area contributed by atoms with Crippen LogP contribution in [0.4, 0.5) is 0 Å². The SMILES string of the molecule is Cc1cc(C(=O)N(CC2CC2)[C@H](C)c2ccccc2)no1. The van der Waals surface area contributed by atoms with Gasteiger partial charge in [0.15, 0.2) is 5.69 Å². The summed E-state index contributed by atoms with van der Waals surface area (Å²) in [6.07, 6.45) is 2.42. The Labute approximate surface area is 124 Å². The smallest absolute Gasteiger partial charge is 0.276 e. The van der Waals surface area contributed by atoms with Gasteiger partial charge in [-0.1, -0.05) is 35.5 Å². The zero-order chi connectivity index (χ0) is 14.8. The van der Waals surface area contributed by atoms with Gasteiger partial charge in [-0.25, -0.2) is 0 Å². The second kappa shape index (κ2) is 5.72. The first kappa shape index (κ1) is 13.9. The fraction of sp³-hybridized carbons (Fsp3) is 0.412. The summed E-state index contributed by atoms with van der Waals surface area (Å²) in [5, 5.41) is 3.87.